The van der Waals surface area contributed by atoms with E-state index in [1.165, 1.54) is 5.56 Å². The van der Waals surface area contributed by atoms with E-state index in [0.717, 1.165) is 5.69 Å². The second-order valence-corrected chi connectivity index (χ2v) is 3.21. The number of benzene rings is 1. The number of anilines is 1. The van der Waals surface area contributed by atoms with Gasteiger partial charge in [0.05, 0.1) is 0 Å². The summed E-state index contributed by atoms with van der Waals surface area (Å²) in [6, 6.07) is 8.28. The van der Waals surface area contributed by atoms with Gasteiger partial charge in [0.2, 0.25) is 0 Å². The number of methoxy groups -OCH3 is 2. The SMILES string of the molecule is COCN(COC)c1ccc(C)cc1. The second-order valence-electron chi connectivity index (χ2n) is 3.21. The number of rotatable bonds is 5. The predicted octanol–water partition coefficient (Wildman–Crippen LogP) is 2.01. The summed E-state index contributed by atoms with van der Waals surface area (Å²) >= 11 is 0. The molecule has 0 bridgehead atoms. The fourth-order valence-electron chi connectivity index (χ4n) is 1.25. The van der Waals surface area contributed by atoms with Crippen molar-refractivity contribution in [3.8, 4) is 0 Å². The first-order valence-electron chi connectivity index (χ1n) is 4.57. The Balaban J connectivity index is 2.71. The van der Waals surface area contributed by atoms with Crippen molar-refractivity contribution in [2.24, 2.45) is 0 Å². The molecule has 0 aromatic heterocycles. The largest absolute Gasteiger partial charge is 0.364 e. The van der Waals surface area contributed by atoms with Crippen LogP contribution in [0.25, 0.3) is 0 Å². The summed E-state index contributed by atoms with van der Waals surface area (Å²) in [4.78, 5) is 2.01. The fraction of sp³-hybridized carbons (Fsp3) is 0.455. The lowest BCUT2D eigenvalue weighted by atomic mass is 10.2. The number of ether oxygens (including phenoxy) is 2. The maximum atomic E-state index is 5.09. The van der Waals surface area contributed by atoms with E-state index >= 15 is 0 Å². The first-order valence-corrected chi connectivity index (χ1v) is 4.57. The predicted molar refractivity (Wildman–Crippen MR) is 57.4 cm³/mol. The van der Waals surface area contributed by atoms with Gasteiger partial charge in [-0.15, -0.1) is 0 Å². The minimum Gasteiger partial charge on any atom is -0.364 e. The molecule has 0 heterocycles. The first kappa shape index (κ1) is 11.0. The van der Waals surface area contributed by atoms with Crippen molar-refractivity contribution in [1.82, 2.24) is 0 Å². The second kappa shape index (κ2) is 5.62. The van der Waals surface area contributed by atoms with E-state index in [-0.39, 0.29) is 0 Å². The monoisotopic (exact) mass is 195 g/mol. The third-order valence-electron chi connectivity index (χ3n) is 1.97. The molecule has 0 aliphatic heterocycles. The van der Waals surface area contributed by atoms with E-state index in [1.54, 1.807) is 14.2 Å². The van der Waals surface area contributed by atoms with Crippen LogP contribution in [0.4, 0.5) is 5.69 Å². The maximum absolute atomic E-state index is 5.09. The average Bonchev–Trinajstić information content (AvgIpc) is 2.19. The van der Waals surface area contributed by atoms with E-state index in [9.17, 15) is 0 Å². The van der Waals surface area contributed by atoms with E-state index in [1.807, 2.05) is 4.90 Å². The van der Waals surface area contributed by atoms with Crippen LogP contribution in [0.3, 0.4) is 0 Å². The van der Waals surface area contributed by atoms with Crippen molar-refractivity contribution in [2.45, 2.75) is 6.92 Å². The van der Waals surface area contributed by atoms with E-state index in [2.05, 4.69) is 31.2 Å². The van der Waals surface area contributed by atoms with Gasteiger partial charge < -0.3 is 14.4 Å². The van der Waals surface area contributed by atoms with Crippen molar-refractivity contribution in [3.05, 3.63) is 29.8 Å². The summed E-state index contributed by atoms with van der Waals surface area (Å²) in [7, 11) is 3.35. The molecule has 0 unspecified atom stereocenters. The van der Waals surface area contributed by atoms with Crippen molar-refractivity contribution in [2.75, 3.05) is 32.6 Å². The van der Waals surface area contributed by atoms with E-state index in [0.29, 0.717) is 13.5 Å². The van der Waals surface area contributed by atoms with Gasteiger partial charge in [-0.2, -0.15) is 0 Å². The molecule has 78 valence electrons. The summed E-state index contributed by atoms with van der Waals surface area (Å²) < 4.78 is 10.2. The highest BCUT2D eigenvalue weighted by Gasteiger charge is 2.03. The van der Waals surface area contributed by atoms with Gasteiger partial charge in [0.1, 0.15) is 13.5 Å². The zero-order chi connectivity index (χ0) is 10.4. The van der Waals surface area contributed by atoms with Gasteiger partial charge in [-0.25, -0.2) is 0 Å². The summed E-state index contributed by atoms with van der Waals surface area (Å²) in [6.45, 7) is 3.15. The molecule has 0 radical (unpaired) electrons. The molecule has 0 atom stereocenters. The molecule has 0 N–H and O–H groups in total. The molecule has 1 aromatic rings. The highest BCUT2D eigenvalue weighted by Crippen LogP contribution is 2.14. The normalized spacial score (nSPS) is 10.2. The Hall–Kier alpha value is -1.06. The zero-order valence-corrected chi connectivity index (χ0v) is 8.99. The third kappa shape index (κ3) is 3.01. The van der Waals surface area contributed by atoms with Crippen LogP contribution in [-0.4, -0.2) is 27.7 Å². The molecule has 0 saturated carbocycles. The highest BCUT2D eigenvalue weighted by molar-refractivity contribution is 5.46. The summed E-state index contributed by atoms with van der Waals surface area (Å²) in [5, 5.41) is 0. The van der Waals surface area contributed by atoms with Crippen LogP contribution in [-0.2, 0) is 9.47 Å². The molecule has 0 saturated heterocycles. The Kier molecular flexibility index (Phi) is 4.43. The van der Waals surface area contributed by atoms with Crippen LogP contribution in [0.1, 0.15) is 5.56 Å². The lowest BCUT2D eigenvalue weighted by Crippen LogP contribution is -2.27. The molecule has 0 fully saturated rings. The Morgan fingerprint density at radius 2 is 1.50 bits per heavy atom. The number of nitrogens with zero attached hydrogens (tertiary/aromatic N) is 1. The van der Waals surface area contributed by atoms with E-state index < -0.39 is 0 Å². The molecular weight excluding hydrogens is 178 g/mol. The molecule has 0 spiro atoms. The van der Waals surface area contributed by atoms with Crippen molar-refractivity contribution in [1.29, 1.82) is 0 Å². The molecule has 1 rings (SSSR count). The van der Waals surface area contributed by atoms with Gasteiger partial charge >= 0.3 is 0 Å². The topological polar surface area (TPSA) is 21.7 Å². The summed E-state index contributed by atoms with van der Waals surface area (Å²) in [5.41, 5.74) is 2.36. The van der Waals surface area contributed by atoms with Crippen LogP contribution in [0.5, 0.6) is 0 Å². The Bertz CT molecular complexity index is 252. The maximum Gasteiger partial charge on any atom is 0.120 e. The van der Waals surface area contributed by atoms with Crippen LogP contribution < -0.4 is 4.90 Å². The van der Waals surface area contributed by atoms with Gasteiger partial charge in [-0.3, -0.25) is 0 Å². The molecule has 3 heteroatoms. The van der Waals surface area contributed by atoms with Crippen LogP contribution in [0.15, 0.2) is 24.3 Å². The molecule has 0 aliphatic rings. The van der Waals surface area contributed by atoms with Crippen LogP contribution >= 0.6 is 0 Å². The van der Waals surface area contributed by atoms with Gasteiger partial charge in [-0.05, 0) is 19.1 Å². The fourth-order valence-corrected chi connectivity index (χ4v) is 1.25. The Morgan fingerprint density at radius 1 is 1.00 bits per heavy atom. The van der Waals surface area contributed by atoms with Crippen molar-refractivity contribution >= 4 is 5.69 Å². The Labute approximate surface area is 85.2 Å². The molecular formula is C11H17NO2. The van der Waals surface area contributed by atoms with Gasteiger partial charge in [0.15, 0.2) is 0 Å². The minimum absolute atomic E-state index is 0.539. The number of hydrogen-bond donors (Lipinski definition) is 0. The van der Waals surface area contributed by atoms with Gasteiger partial charge in [0.25, 0.3) is 0 Å². The van der Waals surface area contributed by atoms with Crippen molar-refractivity contribution < 1.29 is 9.47 Å². The standard InChI is InChI=1S/C11H17NO2/c1-10-4-6-11(7-5-10)12(8-13-2)9-14-3/h4-7H,8-9H2,1-3H3. The van der Waals surface area contributed by atoms with Crippen molar-refractivity contribution in [3.63, 3.8) is 0 Å². The summed E-state index contributed by atoms with van der Waals surface area (Å²) in [5.74, 6) is 0. The lowest BCUT2D eigenvalue weighted by Gasteiger charge is -2.22. The van der Waals surface area contributed by atoms with Crippen LogP contribution in [0.2, 0.25) is 0 Å². The third-order valence-corrected chi connectivity index (χ3v) is 1.97. The summed E-state index contributed by atoms with van der Waals surface area (Å²) in [6.07, 6.45) is 0. The van der Waals surface area contributed by atoms with E-state index in [4.69, 9.17) is 9.47 Å². The average molecular weight is 195 g/mol. The molecule has 1 aromatic carbocycles. The minimum atomic E-state index is 0.539. The van der Waals surface area contributed by atoms with Crippen LogP contribution in [0, 0.1) is 6.92 Å². The molecule has 14 heavy (non-hydrogen) atoms. The highest BCUT2D eigenvalue weighted by atomic mass is 16.5. The van der Waals surface area contributed by atoms with Gasteiger partial charge in [-0.1, -0.05) is 17.7 Å². The molecule has 0 aliphatic carbocycles. The smallest absolute Gasteiger partial charge is 0.120 e. The zero-order valence-electron chi connectivity index (χ0n) is 8.99. The molecule has 3 nitrogen and oxygen atoms in total. The number of hydrogen-bond acceptors (Lipinski definition) is 3. The quantitative estimate of drug-likeness (QED) is 0.671. The molecule has 0 amide bonds. The lowest BCUT2D eigenvalue weighted by molar-refractivity contribution is 0.140. The Morgan fingerprint density at radius 3 is 1.93 bits per heavy atom. The first-order chi connectivity index (χ1) is 6.77. The number of aryl methyl sites for hydroxylation is 1. The van der Waals surface area contributed by atoms with Gasteiger partial charge in [0, 0.05) is 19.9 Å².